The standard InChI is InChI=1S/C30H34Cl2N2O4/c1-20(2)33-30(36)26(16-21-8-6-5-7-9-21)34(19-23-12-13-24(31)18-25(23)32)29(35)15-11-22-10-14-27(37-3)28(17-22)38-4/h5-10,12-14,17-18,20,26H,11,15-16,19H2,1-4H3,(H,33,36). The van der Waals surface area contributed by atoms with E-state index in [0.717, 1.165) is 11.1 Å². The SMILES string of the molecule is COc1ccc(CCC(=O)N(Cc2ccc(Cl)cc2Cl)C(Cc2ccccc2)C(=O)NC(C)C)cc1OC. The van der Waals surface area contributed by atoms with Gasteiger partial charge in [0.2, 0.25) is 11.8 Å². The summed E-state index contributed by atoms with van der Waals surface area (Å²) in [6, 6.07) is 19.6. The molecule has 0 aliphatic rings. The molecule has 6 nitrogen and oxygen atoms in total. The smallest absolute Gasteiger partial charge is 0.243 e. The van der Waals surface area contributed by atoms with Gasteiger partial charge in [0.05, 0.1) is 14.2 Å². The minimum atomic E-state index is -0.732. The van der Waals surface area contributed by atoms with Crippen LogP contribution in [0.5, 0.6) is 11.5 Å². The molecule has 0 saturated carbocycles. The second kappa shape index (κ2) is 14.1. The molecule has 3 rings (SSSR count). The summed E-state index contributed by atoms with van der Waals surface area (Å²) in [7, 11) is 3.15. The molecule has 0 spiro atoms. The summed E-state index contributed by atoms with van der Waals surface area (Å²) in [5, 5.41) is 3.94. The molecule has 2 amide bonds. The summed E-state index contributed by atoms with van der Waals surface area (Å²) in [5.41, 5.74) is 2.59. The number of halogens is 2. The molecule has 0 radical (unpaired) electrons. The molecule has 3 aromatic carbocycles. The van der Waals surface area contributed by atoms with Gasteiger partial charge in [0.15, 0.2) is 11.5 Å². The zero-order chi connectivity index (χ0) is 27.7. The molecule has 202 valence electrons. The number of carbonyl (C=O) groups is 2. The van der Waals surface area contributed by atoms with Crippen LogP contribution < -0.4 is 14.8 Å². The molecule has 0 heterocycles. The van der Waals surface area contributed by atoms with E-state index in [1.165, 1.54) is 0 Å². The van der Waals surface area contributed by atoms with E-state index in [1.54, 1.807) is 37.3 Å². The third-order valence-corrected chi connectivity index (χ3v) is 6.72. The Bertz CT molecular complexity index is 1230. The molecule has 3 aromatic rings. The van der Waals surface area contributed by atoms with Crippen molar-refractivity contribution in [3.8, 4) is 11.5 Å². The van der Waals surface area contributed by atoms with E-state index in [9.17, 15) is 9.59 Å². The number of nitrogens with one attached hydrogen (secondary N) is 1. The highest BCUT2D eigenvalue weighted by Gasteiger charge is 2.31. The van der Waals surface area contributed by atoms with E-state index < -0.39 is 6.04 Å². The molecular formula is C30H34Cl2N2O4. The van der Waals surface area contributed by atoms with Gasteiger partial charge in [-0.25, -0.2) is 0 Å². The Morgan fingerprint density at radius 1 is 0.895 bits per heavy atom. The van der Waals surface area contributed by atoms with Crippen molar-refractivity contribution in [3.05, 3.63) is 93.5 Å². The fraction of sp³-hybridized carbons (Fsp3) is 0.333. The van der Waals surface area contributed by atoms with E-state index in [1.807, 2.05) is 62.4 Å². The predicted molar refractivity (Wildman–Crippen MR) is 152 cm³/mol. The largest absolute Gasteiger partial charge is 0.493 e. The van der Waals surface area contributed by atoms with Crippen LogP contribution in [0.4, 0.5) is 0 Å². The van der Waals surface area contributed by atoms with Gasteiger partial charge in [-0.1, -0.05) is 65.7 Å². The first kappa shape index (κ1) is 29.3. The minimum Gasteiger partial charge on any atom is -0.493 e. The van der Waals surface area contributed by atoms with Gasteiger partial charge in [-0.2, -0.15) is 0 Å². The second-order valence-corrected chi connectivity index (χ2v) is 10.2. The van der Waals surface area contributed by atoms with Gasteiger partial charge in [-0.15, -0.1) is 0 Å². The first-order valence-corrected chi connectivity index (χ1v) is 13.3. The average molecular weight is 558 g/mol. The predicted octanol–water partition coefficient (Wildman–Crippen LogP) is 6.11. The number of amides is 2. The number of ether oxygens (including phenoxy) is 2. The third kappa shape index (κ3) is 8.14. The lowest BCUT2D eigenvalue weighted by atomic mass is 10.0. The van der Waals surface area contributed by atoms with Crippen LogP contribution in [-0.2, 0) is 29.0 Å². The maximum atomic E-state index is 13.8. The molecule has 1 atom stereocenters. The zero-order valence-electron chi connectivity index (χ0n) is 22.2. The summed E-state index contributed by atoms with van der Waals surface area (Å²) in [6.07, 6.45) is 1.03. The van der Waals surface area contributed by atoms with Gasteiger partial charge >= 0.3 is 0 Å². The monoisotopic (exact) mass is 556 g/mol. The van der Waals surface area contributed by atoms with Crippen molar-refractivity contribution in [2.45, 2.75) is 51.7 Å². The Hall–Kier alpha value is -3.22. The number of aryl methyl sites for hydroxylation is 1. The van der Waals surface area contributed by atoms with Crippen molar-refractivity contribution in [1.29, 1.82) is 0 Å². The first-order chi connectivity index (χ1) is 18.2. The van der Waals surface area contributed by atoms with Gasteiger partial charge in [0.25, 0.3) is 0 Å². The summed E-state index contributed by atoms with van der Waals surface area (Å²) in [4.78, 5) is 28.9. The lowest BCUT2D eigenvalue weighted by Crippen LogP contribution is -2.51. The summed E-state index contributed by atoms with van der Waals surface area (Å²) in [5.74, 6) is 0.842. The maximum absolute atomic E-state index is 13.8. The molecule has 0 aromatic heterocycles. The fourth-order valence-electron chi connectivity index (χ4n) is 4.20. The van der Waals surface area contributed by atoms with E-state index in [2.05, 4.69) is 5.32 Å². The van der Waals surface area contributed by atoms with Crippen LogP contribution in [0.2, 0.25) is 10.0 Å². The van der Waals surface area contributed by atoms with Gasteiger partial charge in [-0.3, -0.25) is 9.59 Å². The highest BCUT2D eigenvalue weighted by Crippen LogP contribution is 2.29. The van der Waals surface area contributed by atoms with Gasteiger partial charge in [0, 0.05) is 35.5 Å². The number of benzene rings is 3. The fourth-order valence-corrected chi connectivity index (χ4v) is 4.67. The first-order valence-electron chi connectivity index (χ1n) is 12.5. The van der Waals surface area contributed by atoms with Crippen molar-refractivity contribution in [2.24, 2.45) is 0 Å². The van der Waals surface area contributed by atoms with E-state index in [0.29, 0.717) is 39.9 Å². The van der Waals surface area contributed by atoms with E-state index in [4.69, 9.17) is 32.7 Å². The topological polar surface area (TPSA) is 67.9 Å². The molecule has 1 unspecified atom stereocenters. The Labute approximate surface area is 234 Å². The number of carbonyl (C=O) groups excluding carboxylic acids is 2. The van der Waals surface area contributed by atoms with Crippen LogP contribution in [0.25, 0.3) is 0 Å². The summed E-state index contributed by atoms with van der Waals surface area (Å²) in [6.45, 7) is 3.97. The highest BCUT2D eigenvalue weighted by atomic mass is 35.5. The van der Waals surface area contributed by atoms with E-state index >= 15 is 0 Å². The van der Waals surface area contributed by atoms with Crippen molar-refractivity contribution in [2.75, 3.05) is 14.2 Å². The summed E-state index contributed by atoms with van der Waals surface area (Å²) >= 11 is 12.6. The Kier molecular flexibility index (Phi) is 10.9. The van der Waals surface area contributed by atoms with Crippen LogP contribution in [0, 0.1) is 0 Å². The quantitative estimate of drug-likeness (QED) is 0.292. The van der Waals surface area contributed by atoms with E-state index in [-0.39, 0.29) is 30.8 Å². The van der Waals surface area contributed by atoms with Crippen molar-refractivity contribution in [1.82, 2.24) is 10.2 Å². The van der Waals surface area contributed by atoms with Gasteiger partial charge in [0.1, 0.15) is 6.04 Å². The van der Waals surface area contributed by atoms with Crippen LogP contribution in [0.1, 0.15) is 37.0 Å². The number of nitrogens with zero attached hydrogens (tertiary/aromatic N) is 1. The lowest BCUT2D eigenvalue weighted by molar-refractivity contribution is -0.141. The van der Waals surface area contributed by atoms with Crippen molar-refractivity contribution < 1.29 is 19.1 Å². The van der Waals surface area contributed by atoms with Crippen LogP contribution in [0.3, 0.4) is 0 Å². The van der Waals surface area contributed by atoms with Crippen LogP contribution in [-0.4, -0.2) is 43.0 Å². The van der Waals surface area contributed by atoms with Gasteiger partial charge < -0.3 is 19.7 Å². The minimum absolute atomic E-state index is 0.0800. The van der Waals surface area contributed by atoms with Crippen LogP contribution in [0.15, 0.2) is 66.7 Å². The molecular weight excluding hydrogens is 523 g/mol. The Morgan fingerprint density at radius 3 is 2.24 bits per heavy atom. The molecule has 0 saturated heterocycles. The highest BCUT2D eigenvalue weighted by molar-refractivity contribution is 6.35. The number of hydrogen-bond donors (Lipinski definition) is 1. The average Bonchev–Trinajstić information content (AvgIpc) is 2.90. The molecule has 0 bridgehead atoms. The summed E-state index contributed by atoms with van der Waals surface area (Å²) < 4.78 is 10.7. The number of methoxy groups -OCH3 is 2. The van der Waals surface area contributed by atoms with Crippen molar-refractivity contribution in [3.63, 3.8) is 0 Å². The lowest BCUT2D eigenvalue weighted by Gasteiger charge is -2.32. The zero-order valence-corrected chi connectivity index (χ0v) is 23.7. The Morgan fingerprint density at radius 2 is 1.61 bits per heavy atom. The number of rotatable bonds is 12. The van der Waals surface area contributed by atoms with Crippen molar-refractivity contribution >= 4 is 35.0 Å². The molecule has 0 aliphatic carbocycles. The molecule has 8 heteroatoms. The Balaban J connectivity index is 1.93. The number of hydrogen-bond acceptors (Lipinski definition) is 4. The molecule has 1 N–H and O–H groups in total. The normalized spacial score (nSPS) is 11.7. The van der Waals surface area contributed by atoms with Gasteiger partial charge in [-0.05, 0) is 61.2 Å². The molecule has 0 fully saturated rings. The maximum Gasteiger partial charge on any atom is 0.243 e. The molecule has 0 aliphatic heterocycles. The second-order valence-electron chi connectivity index (χ2n) is 9.32. The molecule has 38 heavy (non-hydrogen) atoms. The van der Waals surface area contributed by atoms with Crippen LogP contribution >= 0.6 is 23.2 Å². The third-order valence-electron chi connectivity index (χ3n) is 6.13.